The van der Waals surface area contributed by atoms with Crippen molar-refractivity contribution in [3.05, 3.63) is 38.6 Å². The minimum absolute atomic E-state index is 0.0560. The molecule has 0 saturated carbocycles. The number of fused-ring (bicyclic) bond motifs is 1. The molecule has 0 unspecified atom stereocenters. The van der Waals surface area contributed by atoms with Crippen molar-refractivity contribution in [3.63, 3.8) is 0 Å². The molecule has 1 saturated heterocycles. The van der Waals surface area contributed by atoms with Gasteiger partial charge in [0.05, 0.1) is 22.9 Å². The second kappa shape index (κ2) is 7.50. The zero-order valence-corrected chi connectivity index (χ0v) is 16.8. The van der Waals surface area contributed by atoms with Crippen LogP contribution in [0.1, 0.15) is 57.1 Å². The average Bonchev–Trinajstić information content (AvgIpc) is 3.31. The highest BCUT2D eigenvalue weighted by atomic mass is 19.4. The van der Waals surface area contributed by atoms with Gasteiger partial charge in [-0.05, 0) is 39.0 Å². The van der Waals surface area contributed by atoms with Gasteiger partial charge in [0, 0.05) is 18.7 Å². The van der Waals surface area contributed by atoms with Crippen molar-refractivity contribution in [2.75, 3.05) is 13.1 Å². The van der Waals surface area contributed by atoms with Crippen LogP contribution in [0, 0.1) is 12.8 Å². The molecule has 31 heavy (non-hydrogen) atoms. The van der Waals surface area contributed by atoms with Crippen LogP contribution in [-0.4, -0.2) is 55.7 Å². The van der Waals surface area contributed by atoms with E-state index in [1.807, 2.05) is 0 Å². The Hall–Kier alpha value is -3.18. The van der Waals surface area contributed by atoms with Gasteiger partial charge in [0.25, 0.3) is 17.4 Å². The highest BCUT2D eigenvalue weighted by Crippen LogP contribution is 2.34. The smallest absolute Gasteiger partial charge is 0.364 e. The van der Waals surface area contributed by atoms with E-state index in [-0.39, 0.29) is 54.4 Å². The molecule has 0 aromatic carbocycles. The predicted octanol–water partition coefficient (Wildman–Crippen LogP) is 1.27. The molecule has 1 aliphatic carbocycles. The number of carbonyl (C=O) groups is 2. The molecule has 0 atom stereocenters. The molecule has 2 amide bonds. The lowest BCUT2D eigenvalue weighted by molar-refractivity contribution is -0.183. The summed E-state index contributed by atoms with van der Waals surface area (Å²) in [6, 6.07) is 0. The summed E-state index contributed by atoms with van der Waals surface area (Å²) in [5.41, 5.74) is 6.15. The second-order valence-corrected chi connectivity index (χ2v) is 7.86. The van der Waals surface area contributed by atoms with Crippen LogP contribution in [0.25, 0.3) is 5.95 Å². The number of rotatable bonds is 3. The number of nitrogens with two attached hydrogens (primary N) is 1. The summed E-state index contributed by atoms with van der Waals surface area (Å²) in [5, 5.41) is 4.10. The van der Waals surface area contributed by atoms with Crippen LogP contribution in [0.5, 0.6) is 0 Å². The van der Waals surface area contributed by atoms with E-state index >= 15 is 0 Å². The lowest BCUT2D eigenvalue weighted by Gasteiger charge is -2.33. The number of alkyl halides is 3. The molecule has 4 rings (SSSR count). The van der Waals surface area contributed by atoms with Gasteiger partial charge in [0.1, 0.15) is 0 Å². The molecule has 3 heterocycles. The van der Waals surface area contributed by atoms with Gasteiger partial charge in [0.15, 0.2) is 5.69 Å². The van der Waals surface area contributed by atoms with Crippen LogP contribution in [0.3, 0.4) is 0 Å². The van der Waals surface area contributed by atoms with E-state index in [1.54, 1.807) is 0 Å². The molecule has 1 aliphatic heterocycles. The first-order chi connectivity index (χ1) is 14.6. The third-order valence-electron chi connectivity index (χ3n) is 5.94. The molecule has 12 heteroatoms. The normalized spacial score (nSPS) is 17.1. The van der Waals surface area contributed by atoms with E-state index in [1.165, 1.54) is 16.5 Å². The molecule has 2 aromatic heterocycles. The number of H-pyrrole nitrogens is 1. The minimum atomic E-state index is -4.31. The Balaban J connectivity index is 1.69. The van der Waals surface area contributed by atoms with Gasteiger partial charge < -0.3 is 10.6 Å². The fraction of sp³-hybridized carbons (Fsp3) is 0.526. The van der Waals surface area contributed by atoms with Gasteiger partial charge in [0.2, 0.25) is 5.95 Å². The van der Waals surface area contributed by atoms with Crippen LogP contribution >= 0.6 is 0 Å². The number of aryl methyl sites for hydroxylation is 1. The van der Waals surface area contributed by atoms with E-state index < -0.39 is 23.9 Å². The molecule has 3 N–H and O–H groups in total. The summed E-state index contributed by atoms with van der Waals surface area (Å²) in [7, 11) is 0. The SMILES string of the molecule is Cc1c(C(=O)N2CCC(C(F)(F)F)CC2)c(C(N)=O)nn1-c1nc2c(c(=O)[nH]1)CCC2. The molecule has 1 fully saturated rings. The molecule has 0 bridgehead atoms. The fourth-order valence-corrected chi connectivity index (χ4v) is 4.23. The van der Waals surface area contributed by atoms with Crippen molar-refractivity contribution in [2.24, 2.45) is 11.7 Å². The number of hydrogen-bond acceptors (Lipinski definition) is 5. The van der Waals surface area contributed by atoms with Crippen molar-refractivity contribution < 1.29 is 22.8 Å². The summed E-state index contributed by atoms with van der Waals surface area (Å²) in [6.07, 6.45) is -2.67. The van der Waals surface area contributed by atoms with Gasteiger partial charge >= 0.3 is 6.18 Å². The molecule has 0 spiro atoms. The zero-order chi connectivity index (χ0) is 22.5. The molecule has 2 aliphatic rings. The number of likely N-dealkylation sites (tertiary alicyclic amines) is 1. The highest BCUT2D eigenvalue weighted by Gasteiger charge is 2.42. The summed E-state index contributed by atoms with van der Waals surface area (Å²) in [4.78, 5) is 45.7. The molecule has 0 radical (unpaired) electrons. The monoisotopic (exact) mass is 438 g/mol. The summed E-state index contributed by atoms with van der Waals surface area (Å²) in [5.74, 6) is -2.99. The number of nitrogens with zero attached hydrogens (tertiary/aromatic N) is 4. The van der Waals surface area contributed by atoms with Gasteiger partial charge in [-0.2, -0.15) is 18.3 Å². The third kappa shape index (κ3) is 3.70. The number of carbonyl (C=O) groups excluding carboxylic acids is 2. The number of amides is 2. The van der Waals surface area contributed by atoms with Crippen LogP contribution in [-0.2, 0) is 12.8 Å². The Bertz CT molecular complexity index is 1110. The maximum Gasteiger partial charge on any atom is 0.391 e. The van der Waals surface area contributed by atoms with Crippen molar-refractivity contribution in [2.45, 2.75) is 45.2 Å². The molecule has 9 nitrogen and oxygen atoms in total. The van der Waals surface area contributed by atoms with Crippen LogP contribution in [0.2, 0.25) is 0 Å². The van der Waals surface area contributed by atoms with Gasteiger partial charge in [-0.3, -0.25) is 19.4 Å². The number of halogens is 3. The molecule has 166 valence electrons. The van der Waals surface area contributed by atoms with E-state index in [4.69, 9.17) is 5.73 Å². The quantitative estimate of drug-likeness (QED) is 0.746. The Morgan fingerprint density at radius 3 is 2.48 bits per heavy atom. The van der Waals surface area contributed by atoms with E-state index in [9.17, 15) is 27.6 Å². The Morgan fingerprint density at radius 2 is 1.87 bits per heavy atom. The predicted molar refractivity (Wildman–Crippen MR) is 102 cm³/mol. The number of primary amides is 1. The summed E-state index contributed by atoms with van der Waals surface area (Å²) < 4.78 is 40.0. The zero-order valence-electron chi connectivity index (χ0n) is 16.8. The maximum absolute atomic E-state index is 13.1. The van der Waals surface area contributed by atoms with Gasteiger partial charge in [-0.1, -0.05) is 0 Å². The minimum Gasteiger partial charge on any atom is -0.364 e. The van der Waals surface area contributed by atoms with Crippen molar-refractivity contribution >= 4 is 11.8 Å². The van der Waals surface area contributed by atoms with Crippen molar-refractivity contribution in [1.29, 1.82) is 0 Å². The Labute approximate surface area is 174 Å². The standard InChI is InChI=1S/C19H21F3N6O3/c1-9-13(17(31)27-7-5-10(6-8-27)19(20,21)22)14(15(23)29)26-28(9)18-24-12-4-2-3-11(12)16(30)25-18/h10H,2-8H2,1H3,(H2,23,29)(H,24,25,30). The topological polar surface area (TPSA) is 127 Å². The lowest BCUT2D eigenvalue weighted by Crippen LogP contribution is -2.42. The van der Waals surface area contributed by atoms with Crippen molar-refractivity contribution in [3.8, 4) is 5.95 Å². The molecule has 2 aromatic rings. The largest absolute Gasteiger partial charge is 0.391 e. The number of aromatic nitrogens is 4. The maximum atomic E-state index is 13.1. The van der Waals surface area contributed by atoms with E-state index in [0.29, 0.717) is 24.1 Å². The first-order valence-corrected chi connectivity index (χ1v) is 9.95. The van der Waals surface area contributed by atoms with Crippen molar-refractivity contribution in [1.82, 2.24) is 24.6 Å². The molecular formula is C19H21F3N6O3. The second-order valence-electron chi connectivity index (χ2n) is 7.86. The number of aromatic amines is 1. The van der Waals surface area contributed by atoms with Crippen LogP contribution in [0.15, 0.2) is 4.79 Å². The third-order valence-corrected chi connectivity index (χ3v) is 5.94. The van der Waals surface area contributed by atoms with E-state index in [0.717, 1.165) is 6.42 Å². The summed E-state index contributed by atoms with van der Waals surface area (Å²) in [6.45, 7) is 1.32. The molecular weight excluding hydrogens is 417 g/mol. The van der Waals surface area contributed by atoms with Gasteiger partial charge in [-0.15, -0.1) is 0 Å². The van der Waals surface area contributed by atoms with E-state index in [2.05, 4.69) is 15.1 Å². The first kappa shape index (κ1) is 21.1. The number of piperidine rings is 1. The van der Waals surface area contributed by atoms with Crippen LogP contribution < -0.4 is 11.3 Å². The Kier molecular flexibility index (Phi) is 5.10. The Morgan fingerprint density at radius 1 is 1.19 bits per heavy atom. The highest BCUT2D eigenvalue weighted by molar-refractivity contribution is 6.06. The summed E-state index contributed by atoms with van der Waals surface area (Å²) >= 11 is 0. The first-order valence-electron chi connectivity index (χ1n) is 9.95. The fourth-order valence-electron chi connectivity index (χ4n) is 4.23. The average molecular weight is 438 g/mol. The number of hydrogen-bond donors (Lipinski definition) is 2. The van der Waals surface area contributed by atoms with Gasteiger partial charge in [-0.25, -0.2) is 9.67 Å². The van der Waals surface area contributed by atoms with Crippen LogP contribution in [0.4, 0.5) is 13.2 Å². The number of nitrogens with one attached hydrogen (secondary N) is 1. The lowest BCUT2D eigenvalue weighted by atomic mass is 9.95.